The maximum Gasteiger partial charge on any atom is 0.185 e. The fraction of sp³-hybridized carbons (Fsp3) is 0.214. The molecule has 0 amide bonds. The molecule has 0 bridgehead atoms. The number of methoxy groups -OCH3 is 1. The van der Waals surface area contributed by atoms with E-state index in [1.807, 2.05) is 25.1 Å². The average molecular weight is 246 g/mol. The van der Waals surface area contributed by atoms with Crippen molar-refractivity contribution in [3.05, 3.63) is 47.4 Å². The molecule has 0 unspecified atom stereocenters. The van der Waals surface area contributed by atoms with E-state index < -0.39 is 0 Å². The number of rotatable bonds is 5. The predicted octanol–water partition coefficient (Wildman–Crippen LogP) is 2.99. The van der Waals surface area contributed by atoms with Gasteiger partial charge in [0, 0.05) is 0 Å². The zero-order chi connectivity index (χ0) is 13.0. The number of aldehydes is 1. The number of aryl methyl sites for hydroxylation is 1. The molecular formula is C14H14O4. The molecule has 0 spiro atoms. The SMILES string of the molecule is COc1cc(C)ccc1OCc1ccc(C=O)o1. The molecule has 94 valence electrons. The molecule has 1 aromatic heterocycles. The zero-order valence-electron chi connectivity index (χ0n) is 10.3. The van der Waals surface area contributed by atoms with Gasteiger partial charge in [-0.05, 0) is 36.8 Å². The van der Waals surface area contributed by atoms with Crippen LogP contribution in [0.15, 0.2) is 34.7 Å². The second-order valence-corrected chi connectivity index (χ2v) is 3.86. The van der Waals surface area contributed by atoms with E-state index in [-0.39, 0.29) is 6.61 Å². The maximum atomic E-state index is 10.5. The van der Waals surface area contributed by atoms with Crippen LogP contribution in [-0.4, -0.2) is 13.4 Å². The standard InChI is InChI=1S/C14H14O4/c1-10-3-6-13(14(7-10)16-2)17-9-12-5-4-11(8-15)18-12/h3-8H,9H2,1-2H3. The van der Waals surface area contributed by atoms with Gasteiger partial charge < -0.3 is 13.9 Å². The third-order valence-electron chi connectivity index (χ3n) is 2.49. The van der Waals surface area contributed by atoms with Crippen LogP contribution in [0.2, 0.25) is 0 Å². The van der Waals surface area contributed by atoms with E-state index in [1.54, 1.807) is 19.2 Å². The molecule has 0 aliphatic heterocycles. The topological polar surface area (TPSA) is 48.7 Å². The summed E-state index contributed by atoms with van der Waals surface area (Å²) in [7, 11) is 1.60. The van der Waals surface area contributed by atoms with Gasteiger partial charge in [0.2, 0.25) is 0 Å². The summed E-state index contributed by atoms with van der Waals surface area (Å²) < 4.78 is 16.0. The highest BCUT2D eigenvalue weighted by molar-refractivity contribution is 5.70. The number of hydrogen-bond acceptors (Lipinski definition) is 4. The minimum Gasteiger partial charge on any atom is -0.493 e. The summed E-state index contributed by atoms with van der Waals surface area (Å²) in [6.07, 6.45) is 0.663. The van der Waals surface area contributed by atoms with E-state index in [9.17, 15) is 4.79 Å². The largest absolute Gasteiger partial charge is 0.493 e. The van der Waals surface area contributed by atoms with Gasteiger partial charge in [-0.1, -0.05) is 6.07 Å². The molecule has 0 fully saturated rings. The number of furan rings is 1. The number of hydrogen-bond donors (Lipinski definition) is 0. The summed E-state index contributed by atoms with van der Waals surface area (Å²) in [6, 6.07) is 9.01. The van der Waals surface area contributed by atoms with Crippen molar-refractivity contribution in [3.63, 3.8) is 0 Å². The van der Waals surface area contributed by atoms with Crippen molar-refractivity contribution in [1.29, 1.82) is 0 Å². The van der Waals surface area contributed by atoms with Crippen molar-refractivity contribution < 1.29 is 18.7 Å². The molecule has 0 aliphatic carbocycles. The molecule has 2 aromatic rings. The van der Waals surface area contributed by atoms with Crippen molar-refractivity contribution in [3.8, 4) is 11.5 Å². The number of carbonyl (C=O) groups excluding carboxylic acids is 1. The molecule has 0 N–H and O–H groups in total. The van der Waals surface area contributed by atoms with E-state index >= 15 is 0 Å². The predicted molar refractivity (Wildman–Crippen MR) is 66.2 cm³/mol. The van der Waals surface area contributed by atoms with Gasteiger partial charge in [0.25, 0.3) is 0 Å². The Morgan fingerprint density at radius 1 is 1.22 bits per heavy atom. The molecule has 0 radical (unpaired) electrons. The van der Waals surface area contributed by atoms with E-state index in [4.69, 9.17) is 13.9 Å². The lowest BCUT2D eigenvalue weighted by Crippen LogP contribution is -1.96. The third kappa shape index (κ3) is 2.71. The van der Waals surface area contributed by atoms with Crippen LogP contribution in [0.4, 0.5) is 0 Å². The fourth-order valence-electron chi connectivity index (χ4n) is 1.58. The molecule has 4 nitrogen and oxygen atoms in total. The van der Waals surface area contributed by atoms with Gasteiger partial charge in [0.1, 0.15) is 12.4 Å². The van der Waals surface area contributed by atoms with Gasteiger partial charge in [-0.25, -0.2) is 0 Å². The summed E-state index contributed by atoms with van der Waals surface area (Å²) in [6.45, 7) is 2.24. The second kappa shape index (κ2) is 5.40. The molecule has 1 aromatic carbocycles. The molecule has 0 aliphatic rings. The van der Waals surface area contributed by atoms with Gasteiger partial charge in [0.05, 0.1) is 7.11 Å². The van der Waals surface area contributed by atoms with Crippen molar-refractivity contribution >= 4 is 6.29 Å². The Morgan fingerprint density at radius 3 is 2.72 bits per heavy atom. The Bertz CT molecular complexity index is 542. The van der Waals surface area contributed by atoms with Crippen LogP contribution in [0.5, 0.6) is 11.5 Å². The quantitative estimate of drug-likeness (QED) is 0.761. The summed E-state index contributed by atoms with van der Waals surface area (Å²) in [4.78, 5) is 10.5. The van der Waals surface area contributed by atoms with Crippen LogP contribution >= 0.6 is 0 Å². The lowest BCUT2D eigenvalue weighted by atomic mass is 10.2. The van der Waals surface area contributed by atoms with Crippen LogP contribution in [-0.2, 0) is 6.61 Å². The normalized spacial score (nSPS) is 10.1. The van der Waals surface area contributed by atoms with E-state index in [0.29, 0.717) is 29.3 Å². The van der Waals surface area contributed by atoms with Crippen molar-refractivity contribution in [2.75, 3.05) is 7.11 Å². The van der Waals surface area contributed by atoms with Gasteiger partial charge in [-0.2, -0.15) is 0 Å². The molecule has 0 atom stereocenters. The summed E-state index contributed by atoms with van der Waals surface area (Å²) in [5, 5.41) is 0. The minimum absolute atomic E-state index is 0.257. The highest BCUT2D eigenvalue weighted by atomic mass is 16.5. The first-order valence-corrected chi connectivity index (χ1v) is 5.54. The van der Waals surface area contributed by atoms with Crippen LogP contribution in [0.3, 0.4) is 0 Å². The molecule has 2 rings (SSSR count). The maximum absolute atomic E-state index is 10.5. The molecule has 4 heteroatoms. The molecule has 1 heterocycles. The molecule has 18 heavy (non-hydrogen) atoms. The fourth-order valence-corrected chi connectivity index (χ4v) is 1.58. The van der Waals surface area contributed by atoms with E-state index in [1.165, 1.54) is 0 Å². The zero-order valence-corrected chi connectivity index (χ0v) is 10.3. The molecule has 0 saturated carbocycles. The number of carbonyl (C=O) groups is 1. The lowest BCUT2D eigenvalue weighted by molar-refractivity contribution is 0.109. The highest BCUT2D eigenvalue weighted by Crippen LogP contribution is 2.28. The van der Waals surface area contributed by atoms with Gasteiger partial charge in [-0.3, -0.25) is 4.79 Å². The van der Waals surface area contributed by atoms with Crippen molar-refractivity contribution in [2.24, 2.45) is 0 Å². The first kappa shape index (κ1) is 12.2. The first-order valence-electron chi connectivity index (χ1n) is 5.54. The van der Waals surface area contributed by atoms with E-state index in [0.717, 1.165) is 5.56 Å². The monoisotopic (exact) mass is 246 g/mol. The molecular weight excluding hydrogens is 232 g/mol. The summed E-state index contributed by atoms with van der Waals surface area (Å²) >= 11 is 0. The van der Waals surface area contributed by atoms with Crippen molar-refractivity contribution in [2.45, 2.75) is 13.5 Å². The lowest BCUT2D eigenvalue weighted by Gasteiger charge is -2.10. The Labute approximate surface area is 105 Å². The Hall–Kier alpha value is -2.23. The first-order chi connectivity index (χ1) is 8.72. The summed E-state index contributed by atoms with van der Waals surface area (Å²) in [5.74, 6) is 2.22. The Kier molecular flexibility index (Phi) is 3.67. The molecule has 0 saturated heterocycles. The highest BCUT2D eigenvalue weighted by Gasteiger charge is 2.06. The van der Waals surface area contributed by atoms with Crippen LogP contribution < -0.4 is 9.47 Å². The van der Waals surface area contributed by atoms with Gasteiger partial charge >= 0.3 is 0 Å². The number of ether oxygens (including phenoxy) is 2. The van der Waals surface area contributed by atoms with Crippen LogP contribution in [0.25, 0.3) is 0 Å². The summed E-state index contributed by atoms with van der Waals surface area (Å²) in [5.41, 5.74) is 1.10. The van der Waals surface area contributed by atoms with E-state index in [2.05, 4.69) is 0 Å². The van der Waals surface area contributed by atoms with Crippen LogP contribution in [0.1, 0.15) is 21.9 Å². The van der Waals surface area contributed by atoms with Crippen molar-refractivity contribution in [1.82, 2.24) is 0 Å². The minimum atomic E-state index is 0.257. The number of benzene rings is 1. The van der Waals surface area contributed by atoms with Gasteiger partial charge in [0.15, 0.2) is 23.5 Å². The average Bonchev–Trinajstić information content (AvgIpc) is 2.85. The van der Waals surface area contributed by atoms with Gasteiger partial charge in [-0.15, -0.1) is 0 Å². The Morgan fingerprint density at radius 2 is 2.06 bits per heavy atom. The Balaban J connectivity index is 2.07. The second-order valence-electron chi connectivity index (χ2n) is 3.86. The third-order valence-corrected chi connectivity index (χ3v) is 2.49. The smallest absolute Gasteiger partial charge is 0.185 e. The van der Waals surface area contributed by atoms with Crippen LogP contribution in [0, 0.1) is 6.92 Å².